The Bertz CT molecular complexity index is 754. The van der Waals surface area contributed by atoms with E-state index in [9.17, 15) is 4.79 Å². The van der Waals surface area contributed by atoms with Gasteiger partial charge in [-0.1, -0.05) is 65.8 Å². The summed E-state index contributed by atoms with van der Waals surface area (Å²) in [5.74, 6) is 1.01. The Kier molecular flexibility index (Phi) is 4.69. The maximum absolute atomic E-state index is 11.8. The van der Waals surface area contributed by atoms with Crippen molar-refractivity contribution in [2.24, 2.45) is 0 Å². The van der Waals surface area contributed by atoms with Crippen LogP contribution < -0.4 is 10.6 Å². The van der Waals surface area contributed by atoms with Crippen molar-refractivity contribution >= 4 is 11.8 Å². The van der Waals surface area contributed by atoms with Crippen LogP contribution >= 0.6 is 0 Å². The summed E-state index contributed by atoms with van der Waals surface area (Å²) in [6.45, 7) is 0.555. The van der Waals surface area contributed by atoms with E-state index >= 15 is 0 Å². The molecule has 0 aliphatic carbocycles. The van der Waals surface area contributed by atoms with Gasteiger partial charge in [-0.15, -0.1) is 0 Å². The smallest absolute Gasteiger partial charge is 0.320 e. The Hall–Kier alpha value is -3.08. The van der Waals surface area contributed by atoms with Gasteiger partial charge in [-0.25, -0.2) is 4.79 Å². The van der Waals surface area contributed by atoms with Gasteiger partial charge in [-0.3, -0.25) is 5.32 Å². The second kappa shape index (κ2) is 7.26. The highest BCUT2D eigenvalue weighted by atomic mass is 16.5. The minimum Gasteiger partial charge on any atom is -0.354 e. The highest BCUT2D eigenvalue weighted by molar-refractivity contribution is 5.88. The van der Waals surface area contributed by atoms with Crippen LogP contribution in [0.3, 0.4) is 0 Å². The highest BCUT2D eigenvalue weighted by Crippen LogP contribution is 2.21. The first kappa shape index (κ1) is 14.8. The van der Waals surface area contributed by atoms with E-state index in [4.69, 9.17) is 4.52 Å². The third-order valence-corrected chi connectivity index (χ3v) is 3.35. The van der Waals surface area contributed by atoms with Gasteiger partial charge in [0.1, 0.15) is 0 Å². The lowest BCUT2D eigenvalue weighted by Gasteiger charge is -2.05. The maximum atomic E-state index is 11.8. The van der Waals surface area contributed by atoms with Gasteiger partial charge >= 0.3 is 6.03 Å². The molecule has 0 aliphatic rings. The molecule has 0 saturated heterocycles. The van der Waals surface area contributed by atoms with Gasteiger partial charge in [0.05, 0.1) is 0 Å². The summed E-state index contributed by atoms with van der Waals surface area (Å²) in [6, 6.07) is 21.0. The molecule has 116 valence electrons. The van der Waals surface area contributed by atoms with Gasteiger partial charge in [-0.2, -0.15) is 0 Å². The number of rotatable bonds is 5. The van der Waals surface area contributed by atoms with Crippen LogP contribution in [0.2, 0.25) is 0 Å². The van der Waals surface area contributed by atoms with Crippen molar-refractivity contribution in [3.05, 3.63) is 72.3 Å². The molecule has 2 amide bonds. The summed E-state index contributed by atoms with van der Waals surface area (Å²) in [4.78, 5) is 11.8. The molecule has 5 nitrogen and oxygen atoms in total. The first-order chi connectivity index (χ1) is 11.3. The number of hydrogen-bond acceptors (Lipinski definition) is 3. The summed E-state index contributed by atoms with van der Waals surface area (Å²) in [5, 5.41) is 9.31. The second-order valence-electron chi connectivity index (χ2n) is 5.06. The lowest BCUT2D eigenvalue weighted by molar-refractivity contribution is 0.252. The van der Waals surface area contributed by atoms with E-state index in [0.29, 0.717) is 18.1 Å². The van der Waals surface area contributed by atoms with Gasteiger partial charge < -0.3 is 9.84 Å². The number of nitrogens with one attached hydrogen (secondary N) is 2. The molecule has 5 heteroatoms. The third-order valence-electron chi connectivity index (χ3n) is 3.35. The van der Waals surface area contributed by atoms with Crippen molar-refractivity contribution in [1.29, 1.82) is 0 Å². The van der Waals surface area contributed by atoms with E-state index in [0.717, 1.165) is 12.0 Å². The number of hydrogen-bond donors (Lipinski definition) is 2. The topological polar surface area (TPSA) is 67.2 Å². The Balaban J connectivity index is 1.49. The quantitative estimate of drug-likeness (QED) is 0.755. The average Bonchev–Trinajstić information content (AvgIpc) is 3.05. The zero-order valence-corrected chi connectivity index (χ0v) is 12.5. The van der Waals surface area contributed by atoms with E-state index in [1.165, 1.54) is 5.56 Å². The summed E-state index contributed by atoms with van der Waals surface area (Å²) < 4.78 is 5.23. The fourth-order valence-corrected chi connectivity index (χ4v) is 2.20. The molecule has 2 N–H and O–H groups in total. The van der Waals surface area contributed by atoms with Crippen LogP contribution in [-0.2, 0) is 6.42 Å². The fourth-order valence-electron chi connectivity index (χ4n) is 2.20. The fraction of sp³-hybridized carbons (Fsp3) is 0.111. The van der Waals surface area contributed by atoms with E-state index < -0.39 is 0 Å². The summed E-state index contributed by atoms with van der Waals surface area (Å²) in [7, 11) is 0. The average molecular weight is 307 g/mol. The number of benzene rings is 2. The zero-order chi connectivity index (χ0) is 15.9. The Labute approximate surface area is 134 Å². The lowest BCUT2D eigenvalue weighted by Crippen LogP contribution is -2.30. The summed E-state index contributed by atoms with van der Waals surface area (Å²) in [6.07, 6.45) is 0.780. The van der Waals surface area contributed by atoms with Gasteiger partial charge in [-0.05, 0) is 12.0 Å². The predicted octanol–water partition coefficient (Wildman–Crippen LogP) is 3.71. The van der Waals surface area contributed by atoms with Crippen LogP contribution in [0.1, 0.15) is 5.56 Å². The van der Waals surface area contributed by atoms with Crippen LogP contribution in [0.4, 0.5) is 10.6 Å². The van der Waals surface area contributed by atoms with Crippen LogP contribution in [0, 0.1) is 0 Å². The molecular formula is C18H17N3O2. The molecule has 23 heavy (non-hydrogen) atoms. The molecule has 0 bridgehead atoms. The minimum absolute atomic E-state index is 0.297. The van der Waals surface area contributed by atoms with E-state index in [-0.39, 0.29) is 6.03 Å². The summed E-state index contributed by atoms with van der Waals surface area (Å²) >= 11 is 0. The largest absolute Gasteiger partial charge is 0.354 e. The molecule has 3 rings (SSSR count). The number of urea groups is 1. The van der Waals surface area contributed by atoms with Crippen molar-refractivity contribution < 1.29 is 9.32 Å². The van der Waals surface area contributed by atoms with E-state index in [2.05, 4.69) is 15.8 Å². The molecule has 0 aliphatic heterocycles. The lowest BCUT2D eigenvalue weighted by atomic mass is 10.1. The highest BCUT2D eigenvalue weighted by Gasteiger charge is 2.08. The molecule has 0 spiro atoms. The van der Waals surface area contributed by atoms with E-state index in [1.54, 1.807) is 6.07 Å². The number of anilines is 1. The van der Waals surface area contributed by atoms with Crippen molar-refractivity contribution in [2.75, 3.05) is 11.9 Å². The summed E-state index contributed by atoms with van der Waals surface area (Å²) in [5.41, 5.74) is 2.10. The van der Waals surface area contributed by atoms with Gasteiger partial charge in [0, 0.05) is 18.2 Å². The molecule has 0 radical (unpaired) electrons. The number of aromatic nitrogens is 1. The normalized spacial score (nSPS) is 10.3. The molecular weight excluding hydrogens is 290 g/mol. The van der Waals surface area contributed by atoms with Crippen LogP contribution in [0.15, 0.2) is 71.3 Å². The third kappa shape index (κ3) is 4.20. The van der Waals surface area contributed by atoms with Crippen molar-refractivity contribution in [3.8, 4) is 11.3 Å². The molecule has 0 saturated carbocycles. The first-order valence-electron chi connectivity index (χ1n) is 7.42. The first-order valence-corrected chi connectivity index (χ1v) is 7.42. The SMILES string of the molecule is O=C(NCCc1ccccc1)Nc1cc(-c2ccccc2)on1. The van der Waals surface area contributed by atoms with Crippen LogP contribution in [-0.4, -0.2) is 17.7 Å². The number of nitrogens with zero attached hydrogens (tertiary/aromatic N) is 1. The molecule has 0 atom stereocenters. The van der Waals surface area contributed by atoms with Crippen molar-refractivity contribution in [2.45, 2.75) is 6.42 Å². The minimum atomic E-state index is -0.297. The maximum Gasteiger partial charge on any atom is 0.320 e. The molecule has 2 aromatic carbocycles. The second-order valence-corrected chi connectivity index (χ2v) is 5.06. The molecule has 3 aromatic rings. The van der Waals surface area contributed by atoms with Crippen molar-refractivity contribution in [3.63, 3.8) is 0 Å². The molecule has 1 aromatic heterocycles. The number of carbonyl (C=O) groups excluding carboxylic acids is 1. The number of amides is 2. The zero-order valence-electron chi connectivity index (χ0n) is 12.5. The molecule has 1 heterocycles. The van der Waals surface area contributed by atoms with Crippen molar-refractivity contribution in [1.82, 2.24) is 10.5 Å². The van der Waals surface area contributed by atoms with E-state index in [1.807, 2.05) is 60.7 Å². The van der Waals surface area contributed by atoms with Gasteiger partial charge in [0.15, 0.2) is 11.6 Å². The van der Waals surface area contributed by atoms with Crippen LogP contribution in [0.5, 0.6) is 0 Å². The molecule has 0 fully saturated rings. The number of carbonyl (C=O) groups is 1. The van der Waals surface area contributed by atoms with Gasteiger partial charge in [0.2, 0.25) is 0 Å². The standard InChI is InChI=1S/C18H17N3O2/c22-18(19-12-11-14-7-3-1-4-8-14)20-17-13-16(23-21-17)15-9-5-2-6-10-15/h1-10,13H,11-12H2,(H2,19,20,21,22). The monoisotopic (exact) mass is 307 g/mol. The van der Waals surface area contributed by atoms with Crippen LogP contribution in [0.25, 0.3) is 11.3 Å². The van der Waals surface area contributed by atoms with Gasteiger partial charge in [0.25, 0.3) is 0 Å². The Morgan fingerprint density at radius 1 is 1.00 bits per heavy atom. The Morgan fingerprint density at radius 3 is 2.43 bits per heavy atom. The predicted molar refractivity (Wildman–Crippen MR) is 89.1 cm³/mol. The Morgan fingerprint density at radius 2 is 1.70 bits per heavy atom. The molecule has 0 unspecified atom stereocenters.